The van der Waals surface area contributed by atoms with E-state index in [0.717, 1.165) is 10.6 Å². The van der Waals surface area contributed by atoms with Gasteiger partial charge in [-0.05, 0) is 71.9 Å². The molecule has 1 saturated heterocycles. The van der Waals surface area contributed by atoms with Gasteiger partial charge in [0, 0.05) is 31.7 Å². The van der Waals surface area contributed by atoms with E-state index in [9.17, 15) is 14.4 Å². The number of nitrogens with one attached hydrogen (secondary N) is 2. The van der Waals surface area contributed by atoms with Crippen molar-refractivity contribution in [1.29, 1.82) is 0 Å². The summed E-state index contributed by atoms with van der Waals surface area (Å²) in [7, 11) is 0. The lowest BCUT2D eigenvalue weighted by Gasteiger charge is -2.35. The van der Waals surface area contributed by atoms with Crippen molar-refractivity contribution >= 4 is 45.8 Å². The lowest BCUT2D eigenvalue weighted by molar-refractivity contribution is 0.0240. The standard InChI is InChI=1S/C28H35N5O6S/c1-27(2,3)38-25(35)31-19-10-9-18(21-8-7-15-37-21)16-20(19)30-23(34)24-29-17-22(40-24)32-11-13-33(14-12-32)26(36)39-28(4,5)6/h7-10,15-17H,11-14H2,1-6H3,(H,30,34)(H,31,35). The van der Waals surface area contributed by atoms with Gasteiger partial charge in [-0.2, -0.15) is 0 Å². The molecule has 2 N–H and O–H groups in total. The molecule has 1 fully saturated rings. The summed E-state index contributed by atoms with van der Waals surface area (Å²) < 4.78 is 16.3. The Morgan fingerprint density at radius 1 is 0.925 bits per heavy atom. The van der Waals surface area contributed by atoms with E-state index >= 15 is 0 Å². The summed E-state index contributed by atoms with van der Waals surface area (Å²) in [4.78, 5) is 46.1. The van der Waals surface area contributed by atoms with Crippen LogP contribution in [0.1, 0.15) is 51.3 Å². The molecule has 0 unspecified atom stereocenters. The summed E-state index contributed by atoms with van der Waals surface area (Å²) in [6.07, 6.45) is 2.24. The molecule has 1 aromatic carbocycles. The van der Waals surface area contributed by atoms with Gasteiger partial charge in [0.2, 0.25) is 0 Å². The molecule has 3 amide bonds. The van der Waals surface area contributed by atoms with Crippen molar-refractivity contribution in [3.8, 4) is 11.3 Å². The number of nitrogens with zero attached hydrogens (tertiary/aromatic N) is 3. The van der Waals surface area contributed by atoms with Crippen LogP contribution in [0.25, 0.3) is 11.3 Å². The van der Waals surface area contributed by atoms with Gasteiger partial charge >= 0.3 is 12.2 Å². The Bertz CT molecular complexity index is 1350. The second-order valence-electron chi connectivity index (χ2n) is 11.3. The fourth-order valence-corrected chi connectivity index (χ4v) is 4.76. The highest BCUT2D eigenvalue weighted by Gasteiger charge is 2.27. The number of carbonyl (C=O) groups is 3. The summed E-state index contributed by atoms with van der Waals surface area (Å²) in [6.45, 7) is 13.0. The molecule has 0 radical (unpaired) electrons. The average molecular weight is 570 g/mol. The Morgan fingerprint density at radius 3 is 2.25 bits per heavy atom. The molecule has 40 heavy (non-hydrogen) atoms. The van der Waals surface area contributed by atoms with E-state index in [1.165, 1.54) is 11.3 Å². The zero-order valence-corrected chi connectivity index (χ0v) is 24.4. The van der Waals surface area contributed by atoms with Crippen molar-refractivity contribution < 1.29 is 28.3 Å². The number of ether oxygens (including phenoxy) is 2. The first-order valence-corrected chi connectivity index (χ1v) is 13.8. The highest BCUT2D eigenvalue weighted by Crippen LogP contribution is 2.31. The van der Waals surface area contributed by atoms with Crippen LogP contribution in [0.4, 0.5) is 26.0 Å². The van der Waals surface area contributed by atoms with E-state index in [0.29, 0.717) is 43.3 Å². The molecule has 3 aromatic rings. The largest absolute Gasteiger partial charge is 0.464 e. The Labute approximate surface area is 237 Å². The third kappa shape index (κ3) is 7.75. The second kappa shape index (κ2) is 11.6. The molecule has 3 heterocycles. The Kier molecular flexibility index (Phi) is 8.38. The molecule has 0 spiro atoms. The molecular formula is C28H35N5O6S. The lowest BCUT2D eigenvalue weighted by atomic mass is 10.1. The molecule has 0 aliphatic carbocycles. The van der Waals surface area contributed by atoms with Gasteiger partial charge in [0.1, 0.15) is 22.0 Å². The van der Waals surface area contributed by atoms with Gasteiger partial charge < -0.3 is 29.0 Å². The monoisotopic (exact) mass is 569 g/mol. The Balaban J connectivity index is 1.45. The number of aromatic nitrogens is 1. The highest BCUT2D eigenvalue weighted by atomic mass is 32.1. The molecule has 214 valence electrons. The minimum Gasteiger partial charge on any atom is -0.464 e. The van der Waals surface area contributed by atoms with Gasteiger partial charge in [0.25, 0.3) is 5.91 Å². The molecule has 4 rings (SSSR count). The van der Waals surface area contributed by atoms with E-state index in [4.69, 9.17) is 13.9 Å². The average Bonchev–Trinajstić information content (AvgIpc) is 3.56. The molecule has 12 heteroatoms. The smallest absolute Gasteiger partial charge is 0.412 e. The third-order valence-corrected chi connectivity index (χ3v) is 6.70. The van der Waals surface area contributed by atoms with Crippen LogP contribution < -0.4 is 15.5 Å². The lowest BCUT2D eigenvalue weighted by Crippen LogP contribution is -2.49. The third-order valence-electron chi connectivity index (χ3n) is 5.64. The summed E-state index contributed by atoms with van der Waals surface area (Å²) in [5.41, 5.74) is 0.226. The molecule has 11 nitrogen and oxygen atoms in total. The molecular weight excluding hydrogens is 534 g/mol. The molecule has 0 atom stereocenters. The predicted molar refractivity (Wildman–Crippen MR) is 154 cm³/mol. The van der Waals surface area contributed by atoms with Crippen LogP contribution in [0.5, 0.6) is 0 Å². The maximum atomic E-state index is 13.2. The fourth-order valence-electron chi connectivity index (χ4n) is 3.89. The van der Waals surface area contributed by atoms with E-state index in [-0.39, 0.29) is 11.1 Å². The van der Waals surface area contributed by atoms with Crippen LogP contribution >= 0.6 is 11.3 Å². The Hall–Kier alpha value is -4.06. The minimum absolute atomic E-state index is 0.260. The molecule has 0 saturated carbocycles. The van der Waals surface area contributed by atoms with E-state index in [1.807, 2.05) is 20.8 Å². The summed E-state index contributed by atoms with van der Waals surface area (Å²) in [5, 5.41) is 6.66. The first-order chi connectivity index (χ1) is 18.8. The number of piperazine rings is 1. The fraction of sp³-hybridized carbons (Fsp3) is 0.429. The first kappa shape index (κ1) is 28.9. The zero-order chi connectivity index (χ0) is 29.1. The van der Waals surface area contributed by atoms with Crippen molar-refractivity contribution in [2.75, 3.05) is 41.7 Å². The number of anilines is 3. The van der Waals surface area contributed by atoms with Crippen LogP contribution in [0.3, 0.4) is 0 Å². The SMILES string of the molecule is CC(C)(C)OC(=O)Nc1ccc(-c2ccco2)cc1NC(=O)c1ncc(N2CCN(C(=O)OC(C)(C)C)CC2)s1. The molecule has 2 aromatic heterocycles. The van der Waals surface area contributed by atoms with Crippen LogP contribution in [0, 0.1) is 0 Å². The predicted octanol–water partition coefficient (Wildman–Crippen LogP) is 6.06. The zero-order valence-electron chi connectivity index (χ0n) is 23.6. The quantitative estimate of drug-likeness (QED) is 0.380. The number of thiazole rings is 1. The van der Waals surface area contributed by atoms with Crippen LogP contribution in [-0.4, -0.2) is 65.4 Å². The number of rotatable bonds is 5. The summed E-state index contributed by atoms with van der Waals surface area (Å²) in [5.74, 6) is 0.189. The van der Waals surface area contributed by atoms with Crippen LogP contribution in [0.2, 0.25) is 0 Å². The number of amides is 3. The van der Waals surface area contributed by atoms with Gasteiger partial charge in [-0.25, -0.2) is 14.6 Å². The first-order valence-electron chi connectivity index (χ1n) is 13.0. The Morgan fingerprint density at radius 2 is 1.62 bits per heavy atom. The van der Waals surface area contributed by atoms with E-state index in [2.05, 4.69) is 20.5 Å². The number of hydrogen-bond donors (Lipinski definition) is 2. The number of furan rings is 1. The van der Waals surface area contributed by atoms with E-state index in [1.54, 1.807) is 68.5 Å². The van der Waals surface area contributed by atoms with Gasteiger partial charge in [0.05, 0.1) is 23.8 Å². The van der Waals surface area contributed by atoms with Crippen molar-refractivity contribution in [2.45, 2.75) is 52.7 Å². The summed E-state index contributed by atoms with van der Waals surface area (Å²) in [6, 6.07) is 8.74. The number of carbonyl (C=O) groups excluding carboxylic acids is 3. The number of benzene rings is 1. The van der Waals surface area contributed by atoms with Gasteiger partial charge in [-0.3, -0.25) is 10.1 Å². The van der Waals surface area contributed by atoms with Crippen molar-refractivity contribution in [3.05, 3.63) is 47.8 Å². The molecule has 0 bridgehead atoms. The normalized spacial score (nSPS) is 14.1. The van der Waals surface area contributed by atoms with E-state index < -0.39 is 23.2 Å². The minimum atomic E-state index is -0.683. The van der Waals surface area contributed by atoms with Crippen molar-refractivity contribution in [1.82, 2.24) is 9.88 Å². The highest BCUT2D eigenvalue weighted by molar-refractivity contribution is 7.17. The molecule has 1 aliphatic rings. The van der Waals surface area contributed by atoms with Crippen molar-refractivity contribution in [2.24, 2.45) is 0 Å². The maximum absolute atomic E-state index is 13.2. The topological polar surface area (TPSA) is 126 Å². The van der Waals surface area contributed by atoms with Gasteiger partial charge in [-0.1, -0.05) is 11.3 Å². The van der Waals surface area contributed by atoms with Crippen LogP contribution in [0.15, 0.2) is 47.2 Å². The number of hydrogen-bond acceptors (Lipinski definition) is 9. The van der Waals surface area contributed by atoms with Crippen molar-refractivity contribution in [3.63, 3.8) is 0 Å². The maximum Gasteiger partial charge on any atom is 0.412 e. The summed E-state index contributed by atoms with van der Waals surface area (Å²) >= 11 is 1.25. The van der Waals surface area contributed by atoms with Crippen LogP contribution in [-0.2, 0) is 9.47 Å². The van der Waals surface area contributed by atoms with Gasteiger partial charge in [0.15, 0.2) is 5.01 Å². The second-order valence-corrected chi connectivity index (χ2v) is 12.3. The molecule has 1 aliphatic heterocycles. The van der Waals surface area contributed by atoms with Gasteiger partial charge in [-0.15, -0.1) is 0 Å².